The molecule has 0 aromatic heterocycles. The topological polar surface area (TPSA) is 73.2 Å². The van der Waals surface area contributed by atoms with Crippen molar-refractivity contribution in [3.63, 3.8) is 0 Å². The number of nitrogens with one attached hydrogen (secondary N) is 1. The third-order valence-corrected chi connectivity index (χ3v) is 4.83. The number of piperidine rings is 1. The van der Waals surface area contributed by atoms with Crippen LogP contribution >= 0.6 is 0 Å². The first kappa shape index (κ1) is 15.0. The zero-order valence-electron chi connectivity index (χ0n) is 11.3. The van der Waals surface area contributed by atoms with Crippen LogP contribution in [0.3, 0.4) is 0 Å². The Kier molecular flexibility index (Phi) is 5.12. The number of nitriles is 1. The van der Waals surface area contributed by atoms with E-state index in [2.05, 4.69) is 10.8 Å². The fraction of sp³-hybridized carbons (Fsp3) is 0.500. The minimum Gasteiger partial charge on any atom is -0.290 e. The van der Waals surface area contributed by atoms with Crippen LogP contribution in [0.15, 0.2) is 30.3 Å². The molecule has 1 aliphatic heterocycles. The molecule has 1 aromatic rings. The predicted octanol–water partition coefficient (Wildman–Crippen LogP) is 1.09. The van der Waals surface area contributed by atoms with Gasteiger partial charge >= 0.3 is 0 Å². The summed E-state index contributed by atoms with van der Waals surface area (Å²) in [6, 6.07) is 11.3. The Morgan fingerprint density at radius 3 is 2.50 bits per heavy atom. The van der Waals surface area contributed by atoms with Crippen molar-refractivity contribution in [1.82, 2.24) is 9.62 Å². The van der Waals surface area contributed by atoms with Gasteiger partial charge in [0.05, 0.1) is 18.4 Å². The molecular weight excluding hydrogens is 274 g/mol. The van der Waals surface area contributed by atoms with Gasteiger partial charge in [0, 0.05) is 19.1 Å². The number of hydrogen-bond acceptors (Lipinski definition) is 4. The van der Waals surface area contributed by atoms with Crippen molar-refractivity contribution in [2.24, 2.45) is 0 Å². The van der Waals surface area contributed by atoms with Gasteiger partial charge in [-0.1, -0.05) is 30.3 Å². The molecular formula is C14H19N3O2S. The smallest absolute Gasteiger partial charge is 0.216 e. The summed E-state index contributed by atoms with van der Waals surface area (Å²) in [5.41, 5.74) is 0.793. The van der Waals surface area contributed by atoms with Gasteiger partial charge in [-0.05, 0) is 18.4 Å². The zero-order valence-corrected chi connectivity index (χ0v) is 12.1. The van der Waals surface area contributed by atoms with Gasteiger partial charge in [-0.15, -0.1) is 0 Å². The quantitative estimate of drug-likeness (QED) is 0.825. The van der Waals surface area contributed by atoms with Gasteiger partial charge in [0.25, 0.3) is 0 Å². The Bertz CT molecular complexity index is 558. The van der Waals surface area contributed by atoms with Gasteiger partial charge in [-0.2, -0.15) is 5.26 Å². The molecule has 1 heterocycles. The summed E-state index contributed by atoms with van der Waals surface area (Å²) in [6.07, 6.45) is 1.52. The number of nitrogens with zero attached hydrogens (tertiary/aromatic N) is 2. The van der Waals surface area contributed by atoms with Crippen LogP contribution in [-0.2, 0) is 15.8 Å². The predicted molar refractivity (Wildman–Crippen MR) is 77.3 cm³/mol. The fourth-order valence-electron chi connectivity index (χ4n) is 2.40. The molecule has 0 bridgehead atoms. The molecule has 1 aliphatic rings. The van der Waals surface area contributed by atoms with E-state index in [4.69, 9.17) is 5.26 Å². The molecule has 1 aromatic carbocycles. The van der Waals surface area contributed by atoms with E-state index >= 15 is 0 Å². The molecule has 0 aliphatic carbocycles. The van der Waals surface area contributed by atoms with E-state index in [1.165, 1.54) is 0 Å². The van der Waals surface area contributed by atoms with Crippen LogP contribution in [-0.4, -0.2) is 39.0 Å². The lowest BCUT2D eigenvalue weighted by molar-refractivity contribution is 0.229. The van der Waals surface area contributed by atoms with Crippen molar-refractivity contribution in [3.05, 3.63) is 35.9 Å². The molecule has 1 fully saturated rings. The van der Waals surface area contributed by atoms with Crippen LogP contribution in [0.1, 0.15) is 18.4 Å². The number of sulfonamides is 1. The second-order valence-electron chi connectivity index (χ2n) is 5.07. The van der Waals surface area contributed by atoms with Gasteiger partial charge in [0.15, 0.2) is 0 Å². The number of benzene rings is 1. The first-order valence-corrected chi connectivity index (χ1v) is 8.37. The van der Waals surface area contributed by atoms with E-state index in [0.29, 0.717) is 6.54 Å². The highest BCUT2D eigenvalue weighted by atomic mass is 32.2. The molecule has 1 saturated heterocycles. The second-order valence-corrected chi connectivity index (χ2v) is 6.82. The van der Waals surface area contributed by atoms with Crippen LogP contribution in [0.5, 0.6) is 0 Å². The Morgan fingerprint density at radius 2 is 1.90 bits per heavy atom. The maximum absolute atomic E-state index is 12.1. The number of rotatable bonds is 5. The van der Waals surface area contributed by atoms with Crippen molar-refractivity contribution in [3.8, 4) is 6.07 Å². The summed E-state index contributed by atoms with van der Waals surface area (Å²) >= 11 is 0. The molecule has 20 heavy (non-hydrogen) atoms. The third-order valence-electron chi connectivity index (χ3n) is 3.43. The van der Waals surface area contributed by atoms with E-state index in [1.54, 1.807) is 0 Å². The molecule has 1 N–H and O–H groups in total. The second kappa shape index (κ2) is 6.84. The van der Waals surface area contributed by atoms with Crippen molar-refractivity contribution in [2.45, 2.75) is 24.6 Å². The number of hydrogen-bond donors (Lipinski definition) is 1. The Labute approximate surface area is 120 Å². The molecule has 2 rings (SSSR count). The maximum atomic E-state index is 12.1. The summed E-state index contributed by atoms with van der Waals surface area (Å²) in [5.74, 6) is 0.0201. The maximum Gasteiger partial charge on any atom is 0.216 e. The molecule has 0 radical (unpaired) electrons. The van der Waals surface area contributed by atoms with E-state index in [-0.39, 0.29) is 11.8 Å². The van der Waals surface area contributed by atoms with E-state index in [0.717, 1.165) is 31.5 Å². The lowest BCUT2D eigenvalue weighted by atomic mass is 10.1. The first-order valence-electron chi connectivity index (χ1n) is 6.72. The molecule has 0 amide bonds. The summed E-state index contributed by atoms with van der Waals surface area (Å²) in [7, 11) is -3.30. The Morgan fingerprint density at radius 1 is 1.25 bits per heavy atom. The molecule has 5 nitrogen and oxygen atoms in total. The zero-order chi connectivity index (χ0) is 14.4. The summed E-state index contributed by atoms with van der Waals surface area (Å²) in [6.45, 7) is 1.96. The molecule has 0 spiro atoms. The molecule has 0 unspecified atom stereocenters. The summed E-state index contributed by atoms with van der Waals surface area (Å²) < 4.78 is 27.0. The van der Waals surface area contributed by atoms with Crippen LogP contribution in [0.2, 0.25) is 0 Å². The third kappa shape index (κ3) is 4.60. The SMILES string of the molecule is N#CCN1CCC(NS(=O)(=O)Cc2ccccc2)CC1. The Balaban J connectivity index is 1.86. The standard InChI is InChI=1S/C14H19N3O2S/c15-8-11-17-9-6-14(7-10-17)16-20(18,19)12-13-4-2-1-3-5-13/h1-5,14,16H,6-7,9-12H2. The lowest BCUT2D eigenvalue weighted by Crippen LogP contribution is -2.44. The first-order chi connectivity index (χ1) is 9.59. The highest BCUT2D eigenvalue weighted by Gasteiger charge is 2.23. The largest absolute Gasteiger partial charge is 0.290 e. The number of likely N-dealkylation sites (tertiary alicyclic amines) is 1. The van der Waals surface area contributed by atoms with Crippen molar-refractivity contribution in [1.29, 1.82) is 5.26 Å². The highest BCUT2D eigenvalue weighted by Crippen LogP contribution is 2.12. The summed E-state index contributed by atoms with van der Waals surface area (Å²) in [5, 5.41) is 8.63. The molecule has 108 valence electrons. The normalized spacial score (nSPS) is 17.8. The average Bonchev–Trinajstić information content (AvgIpc) is 2.41. The van der Waals surface area contributed by atoms with Crippen molar-refractivity contribution >= 4 is 10.0 Å². The summed E-state index contributed by atoms with van der Waals surface area (Å²) in [4.78, 5) is 2.04. The Hall–Kier alpha value is -1.42. The monoisotopic (exact) mass is 293 g/mol. The van der Waals surface area contributed by atoms with Gasteiger partial charge in [0.2, 0.25) is 10.0 Å². The van der Waals surface area contributed by atoms with Crippen LogP contribution in [0.4, 0.5) is 0 Å². The van der Waals surface area contributed by atoms with E-state index in [9.17, 15) is 8.42 Å². The van der Waals surface area contributed by atoms with Gasteiger partial charge in [-0.25, -0.2) is 13.1 Å². The van der Waals surface area contributed by atoms with E-state index < -0.39 is 10.0 Å². The molecule has 0 atom stereocenters. The van der Waals surface area contributed by atoms with Crippen molar-refractivity contribution < 1.29 is 8.42 Å². The lowest BCUT2D eigenvalue weighted by Gasteiger charge is -2.30. The molecule has 0 saturated carbocycles. The van der Waals surface area contributed by atoms with Crippen LogP contribution < -0.4 is 4.72 Å². The van der Waals surface area contributed by atoms with Gasteiger partial charge in [0.1, 0.15) is 0 Å². The minimum atomic E-state index is -3.30. The molecule has 6 heteroatoms. The van der Waals surface area contributed by atoms with Crippen LogP contribution in [0.25, 0.3) is 0 Å². The van der Waals surface area contributed by atoms with Gasteiger partial charge < -0.3 is 0 Å². The van der Waals surface area contributed by atoms with E-state index in [1.807, 2.05) is 35.2 Å². The highest BCUT2D eigenvalue weighted by molar-refractivity contribution is 7.88. The minimum absolute atomic E-state index is 0.0151. The average molecular weight is 293 g/mol. The van der Waals surface area contributed by atoms with Gasteiger partial charge in [-0.3, -0.25) is 4.90 Å². The fourth-order valence-corrected chi connectivity index (χ4v) is 3.86. The van der Waals surface area contributed by atoms with Crippen molar-refractivity contribution in [2.75, 3.05) is 19.6 Å². The van der Waals surface area contributed by atoms with Crippen LogP contribution in [0, 0.1) is 11.3 Å².